The summed E-state index contributed by atoms with van der Waals surface area (Å²) in [6.07, 6.45) is -0.0319. The van der Waals surface area contributed by atoms with Crippen molar-refractivity contribution in [1.82, 2.24) is 10.6 Å². The first-order valence-corrected chi connectivity index (χ1v) is 6.10. The Balaban J connectivity index is 2.12. The third-order valence-corrected chi connectivity index (χ3v) is 3.05. The van der Waals surface area contributed by atoms with E-state index < -0.39 is 17.9 Å². The summed E-state index contributed by atoms with van der Waals surface area (Å²) in [4.78, 5) is 36.3. The van der Waals surface area contributed by atoms with E-state index in [1.165, 1.54) is 0 Å². The lowest BCUT2D eigenvalue weighted by atomic mass is 10.1. The molecule has 7 nitrogen and oxygen atoms in total. The predicted octanol–water partition coefficient (Wildman–Crippen LogP) is -0.520. The van der Waals surface area contributed by atoms with Crippen LogP contribution < -0.4 is 21.3 Å². The molecule has 1 heterocycles. The van der Waals surface area contributed by atoms with Gasteiger partial charge in [0.1, 0.15) is 6.04 Å². The van der Waals surface area contributed by atoms with E-state index in [-0.39, 0.29) is 12.3 Å². The first-order valence-electron chi connectivity index (χ1n) is 6.10. The number of nitrogens with two attached hydrogens (primary N) is 1. The van der Waals surface area contributed by atoms with Gasteiger partial charge in [0.25, 0.3) is 5.91 Å². The number of benzene rings is 1. The number of hydrogen-bond donors (Lipinski definition) is 3. The Bertz CT molecular complexity index is 583. The van der Waals surface area contributed by atoms with E-state index in [2.05, 4.69) is 10.6 Å². The highest BCUT2D eigenvalue weighted by atomic mass is 16.2. The molecule has 4 N–H and O–H groups in total. The summed E-state index contributed by atoms with van der Waals surface area (Å²) in [6.45, 7) is 0. The highest BCUT2D eigenvalue weighted by molar-refractivity contribution is 6.08. The van der Waals surface area contributed by atoms with Crippen molar-refractivity contribution in [2.75, 3.05) is 24.7 Å². The Labute approximate surface area is 116 Å². The minimum Gasteiger partial charge on any atom is -0.397 e. The average molecular weight is 276 g/mol. The SMILES string of the molecule is CN(C)c1ccc(C(=O)NC2CC(=O)NC2=O)cc1N. The third-order valence-electron chi connectivity index (χ3n) is 3.05. The molecule has 0 aromatic heterocycles. The van der Waals surface area contributed by atoms with Crippen LogP contribution in [0.25, 0.3) is 0 Å². The standard InChI is InChI=1S/C13H16N4O3/c1-17(2)10-4-3-7(5-8(10)14)12(19)15-9-6-11(18)16-13(9)20/h3-5,9H,6,14H2,1-2H3,(H,15,19)(H,16,18,20). The summed E-state index contributed by atoms with van der Waals surface area (Å²) in [5, 5.41) is 4.65. The molecule has 1 aliphatic rings. The molecule has 1 aromatic rings. The van der Waals surface area contributed by atoms with Crippen LogP contribution in [0.15, 0.2) is 18.2 Å². The number of imide groups is 1. The second-order valence-corrected chi connectivity index (χ2v) is 4.81. The van der Waals surface area contributed by atoms with Crippen molar-refractivity contribution >= 4 is 29.1 Å². The van der Waals surface area contributed by atoms with Crippen LogP contribution in [-0.4, -0.2) is 37.9 Å². The van der Waals surface area contributed by atoms with E-state index in [9.17, 15) is 14.4 Å². The van der Waals surface area contributed by atoms with Crippen molar-refractivity contribution in [2.24, 2.45) is 0 Å². The van der Waals surface area contributed by atoms with Crippen LogP contribution in [0, 0.1) is 0 Å². The minimum atomic E-state index is -0.815. The van der Waals surface area contributed by atoms with Crippen LogP contribution in [0.2, 0.25) is 0 Å². The molecule has 1 unspecified atom stereocenters. The fourth-order valence-electron chi connectivity index (χ4n) is 2.01. The maximum absolute atomic E-state index is 12.0. The lowest BCUT2D eigenvalue weighted by Crippen LogP contribution is -2.40. The summed E-state index contributed by atoms with van der Waals surface area (Å²) < 4.78 is 0. The maximum atomic E-state index is 12.0. The summed E-state index contributed by atoms with van der Waals surface area (Å²) in [6, 6.07) is 4.07. The number of carbonyl (C=O) groups excluding carboxylic acids is 3. The quantitative estimate of drug-likeness (QED) is 0.509. The predicted molar refractivity (Wildman–Crippen MR) is 74.2 cm³/mol. The maximum Gasteiger partial charge on any atom is 0.252 e. The monoisotopic (exact) mass is 276 g/mol. The van der Waals surface area contributed by atoms with Crippen LogP contribution in [-0.2, 0) is 9.59 Å². The zero-order valence-electron chi connectivity index (χ0n) is 11.3. The molecule has 106 valence electrons. The molecule has 0 saturated carbocycles. The van der Waals surface area contributed by atoms with Crippen molar-refractivity contribution in [3.8, 4) is 0 Å². The molecule has 1 saturated heterocycles. The zero-order valence-corrected chi connectivity index (χ0v) is 11.3. The van der Waals surface area contributed by atoms with Crippen LogP contribution in [0.5, 0.6) is 0 Å². The van der Waals surface area contributed by atoms with Crippen LogP contribution in [0.1, 0.15) is 16.8 Å². The van der Waals surface area contributed by atoms with Gasteiger partial charge in [0.05, 0.1) is 17.8 Å². The molecule has 0 aliphatic carbocycles. The Kier molecular flexibility index (Phi) is 3.60. The molecule has 7 heteroatoms. The Morgan fingerprint density at radius 1 is 1.40 bits per heavy atom. The van der Waals surface area contributed by atoms with Crippen molar-refractivity contribution in [3.63, 3.8) is 0 Å². The molecule has 2 rings (SSSR count). The van der Waals surface area contributed by atoms with Gasteiger partial charge in [0.15, 0.2) is 0 Å². The van der Waals surface area contributed by atoms with Gasteiger partial charge in [-0.1, -0.05) is 0 Å². The average Bonchev–Trinajstić information content (AvgIpc) is 2.67. The van der Waals surface area contributed by atoms with Gasteiger partial charge < -0.3 is 16.0 Å². The van der Waals surface area contributed by atoms with Gasteiger partial charge in [-0.05, 0) is 18.2 Å². The van der Waals surface area contributed by atoms with Crippen LogP contribution in [0.4, 0.5) is 11.4 Å². The van der Waals surface area contributed by atoms with E-state index >= 15 is 0 Å². The Morgan fingerprint density at radius 3 is 2.60 bits per heavy atom. The van der Waals surface area contributed by atoms with Crippen molar-refractivity contribution < 1.29 is 14.4 Å². The number of hydrogen-bond acceptors (Lipinski definition) is 5. The van der Waals surface area contributed by atoms with E-state index in [1.807, 2.05) is 19.0 Å². The number of amides is 3. The second-order valence-electron chi connectivity index (χ2n) is 4.81. The first kappa shape index (κ1) is 13.9. The number of nitrogen functional groups attached to an aromatic ring is 1. The van der Waals surface area contributed by atoms with Crippen molar-refractivity contribution in [3.05, 3.63) is 23.8 Å². The molecular weight excluding hydrogens is 260 g/mol. The van der Waals surface area contributed by atoms with Gasteiger partial charge in [0, 0.05) is 19.7 Å². The van der Waals surface area contributed by atoms with Gasteiger partial charge in [-0.3, -0.25) is 19.7 Å². The molecule has 0 bridgehead atoms. The number of anilines is 2. The normalized spacial score (nSPS) is 17.8. The lowest BCUT2D eigenvalue weighted by molar-refractivity contribution is -0.125. The topological polar surface area (TPSA) is 105 Å². The fraction of sp³-hybridized carbons (Fsp3) is 0.308. The van der Waals surface area contributed by atoms with Crippen molar-refractivity contribution in [2.45, 2.75) is 12.5 Å². The lowest BCUT2D eigenvalue weighted by Gasteiger charge is -2.16. The first-order chi connectivity index (χ1) is 9.38. The molecule has 1 aromatic carbocycles. The van der Waals surface area contributed by atoms with E-state index in [0.717, 1.165) is 5.69 Å². The number of rotatable bonds is 3. The van der Waals surface area contributed by atoms with E-state index in [0.29, 0.717) is 11.3 Å². The molecule has 0 radical (unpaired) electrons. The zero-order chi connectivity index (χ0) is 14.9. The highest BCUT2D eigenvalue weighted by Crippen LogP contribution is 2.22. The van der Waals surface area contributed by atoms with Crippen molar-refractivity contribution in [1.29, 1.82) is 0 Å². The molecular formula is C13H16N4O3. The van der Waals surface area contributed by atoms with E-state index in [4.69, 9.17) is 5.73 Å². The second kappa shape index (κ2) is 5.20. The van der Waals surface area contributed by atoms with Gasteiger partial charge >= 0.3 is 0 Å². The molecule has 1 atom stereocenters. The molecule has 0 spiro atoms. The van der Waals surface area contributed by atoms with Crippen LogP contribution >= 0.6 is 0 Å². The molecule has 1 aliphatic heterocycles. The van der Waals surface area contributed by atoms with Gasteiger partial charge in [-0.15, -0.1) is 0 Å². The van der Waals surface area contributed by atoms with Crippen LogP contribution in [0.3, 0.4) is 0 Å². The van der Waals surface area contributed by atoms with Gasteiger partial charge in [0.2, 0.25) is 11.8 Å². The van der Waals surface area contributed by atoms with Gasteiger partial charge in [-0.25, -0.2) is 0 Å². The fourth-order valence-corrected chi connectivity index (χ4v) is 2.01. The smallest absolute Gasteiger partial charge is 0.252 e. The minimum absolute atomic E-state index is 0.0319. The molecule has 3 amide bonds. The number of carbonyl (C=O) groups is 3. The summed E-state index contributed by atoms with van der Waals surface area (Å²) in [7, 11) is 3.69. The van der Waals surface area contributed by atoms with Gasteiger partial charge in [-0.2, -0.15) is 0 Å². The molecule has 20 heavy (non-hydrogen) atoms. The summed E-state index contributed by atoms with van der Waals surface area (Å²) in [5.74, 6) is -1.30. The Morgan fingerprint density at radius 2 is 2.10 bits per heavy atom. The number of nitrogens with zero attached hydrogens (tertiary/aromatic N) is 1. The summed E-state index contributed by atoms with van der Waals surface area (Å²) in [5.41, 5.74) is 7.48. The summed E-state index contributed by atoms with van der Waals surface area (Å²) >= 11 is 0. The highest BCUT2D eigenvalue weighted by Gasteiger charge is 2.31. The largest absolute Gasteiger partial charge is 0.397 e. The third kappa shape index (κ3) is 2.71. The molecule has 1 fully saturated rings. The Hall–Kier alpha value is -2.57. The number of nitrogens with one attached hydrogen (secondary N) is 2. The van der Waals surface area contributed by atoms with E-state index in [1.54, 1.807) is 18.2 Å².